The van der Waals surface area contributed by atoms with Gasteiger partial charge in [-0.1, -0.05) is 0 Å². The van der Waals surface area contributed by atoms with Crippen LogP contribution in [0.4, 0.5) is 5.69 Å². The molecule has 0 bridgehead atoms. The summed E-state index contributed by atoms with van der Waals surface area (Å²) in [6.07, 6.45) is -0.578. The van der Waals surface area contributed by atoms with Gasteiger partial charge >= 0.3 is 11.4 Å². The first kappa shape index (κ1) is 12.1. The smallest absolute Gasteiger partial charge is 0.305 e. The lowest BCUT2D eigenvalue weighted by Gasteiger charge is -2.27. The zero-order valence-electron chi connectivity index (χ0n) is 8.65. The van der Waals surface area contributed by atoms with Gasteiger partial charge in [0.05, 0.1) is 17.6 Å². The highest BCUT2D eigenvalue weighted by molar-refractivity contribution is 7.75. The number of benzene rings is 1. The van der Waals surface area contributed by atoms with E-state index in [1.54, 1.807) is 0 Å². The number of hydrogen-bond donors (Lipinski definition) is 1. The van der Waals surface area contributed by atoms with E-state index in [4.69, 9.17) is 14.1 Å². The number of rotatable bonds is 2. The summed E-state index contributed by atoms with van der Waals surface area (Å²) in [6, 6.07) is 5.32. The predicted octanol–water partition coefficient (Wildman–Crippen LogP) is 0.589. The van der Waals surface area contributed by atoms with Crippen molar-refractivity contribution >= 4 is 17.0 Å². The second kappa shape index (κ2) is 4.88. The molecule has 0 saturated carbocycles. The molecule has 0 unspecified atom stereocenters. The molecule has 1 saturated heterocycles. The third-order valence-electron chi connectivity index (χ3n) is 2.36. The summed E-state index contributed by atoms with van der Waals surface area (Å²) in [5.74, 6) is 0. The monoisotopic (exact) mass is 258 g/mol. The minimum Gasteiger partial charge on any atom is -0.323 e. The second-order valence-electron chi connectivity index (χ2n) is 3.52. The molecule has 0 amide bonds. The van der Waals surface area contributed by atoms with Crippen molar-refractivity contribution in [2.45, 2.75) is 12.1 Å². The standard InChI is InChI=1S/C9H10N2O5S/c10-8-5-15-17(14)16-9(8)6-1-3-7(4-2-6)11(12)13/h1-4,8-9H,5,10H2/t8-,9-,17+/m0/s1. The van der Waals surface area contributed by atoms with Crippen molar-refractivity contribution in [3.05, 3.63) is 39.9 Å². The number of nitrogens with two attached hydrogens (primary N) is 1. The average molecular weight is 258 g/mol. The molecule has 1 aromatic rings. The molecule has 17 heavy (non-hydrogen) atoms. The van der Waals surface area contributed by atoms with Crippen molar-refractivity contribution < 1.29 is 17.5 Å². The van der Waals surface area contributed by atoms with E-state index in [9.17, 15) is 14.3 Å². The Bertz CT molecular complexity index is 449. The van der Waals surface area contributed by atoms with Crippen LogP contribution in [0.3, 0.4) is 0 Å². The summed E-state index contributed by atoms with van der Waals surface area (Å²) in [6.45, 7) is 0.119. The van der Waals surface area contributed by atoms with Crippen LogP contribution in [0.2, 0.25) is 0 Å². The molecule has 1 aliphatic rings. The van der Waals surface area contributed by atoms with E-state index in [2.05, 4.69) is 0 Å². The van der Waals surface area contributed by atoms with Crippen LogP contribution in [0.5, 0.6) is 0 Å². The maximum atomic E-state index is 11.1. The summed E-state index contributed by atoms with van der Waals surface area (Å²) in [5.41, 5.74) is 6.37. The Morgan fingerprint density at radius 3 is 2.65 bits per heavy atom. The quantitative estimate of drug-likeness (QED) is 0.614. The number of nitrogens with zero attached hydrogens (tertiary/aromatic N) is 1. The van der Waals surface area contributed by atoms with E-state index in [0.717, 1.165) is 0 Å². The first-order valence-corrected chi connectivity index (χ1v) is 5.80. The lowest BCUT2D eigenvalue weighted by atomic mass is 10.0. The molecule has 8 heteroatoms. The Kier molecular flexibility index (Phi) is 3.48. The van der Waals surface area contributed by atoms with Gasteiger partial charge in [0.25, 0.3) is 5.69 Å². The number of nitro groups is 1. The van der Waals surface area contributed by atoms with Crippen molar-refractivity contribution in [2.24, 2.45) is 5.73 Å². The second-order valence-corrected chi connectivity index (χ2v) is 4.35. The molecule has 0 spiro atoms. The molecule has 1 aromatic carbocycles. The van der Waals surface area contributed by atoms with Crippen LogP contribution >= 0.6 is 0 Å². The lowest BCUT2D eigenvalue weighted by Crippen LogP contribution is -2.39. The van der Waals surface area contributed by atoms with Crippen LogP contribution in [-0.4, -0.2) is 21.8 Å². The van der Waals surface area contributed by atoms with E-state index in [1.165, 1.54) is 24.3 Å². The molecule has 1 fully saturated rings. The number of nitro benzene ring substituents is 1. The fourth-order valence-electron chi connectivity index (χ4n) is 1.49. The van der Waals surface area contributed by atoms with E-state index >= 15 is 0 Å². The lowest BCUT2D eigenvalue weighted by molar-refractivity contribution is -0.384. The third-order valence-corrected chi connectivity index (χ3v) is 3.05. The minimum atomic E-state index is -1.82. The van der Waals surface area contributed by atoms with E-state index in [-0.39, 0.29) is 12.3 Å². The Hall–Kier alpha value is -1.35. The summed E-state index contributed by atoms with van der Waals surface area (Å²) in [7, 11) is 0. The van der Waals surface area contributed by atoms with Crippen LogP contribution < -0.4 is 5.73 Å². The van der Waals surface area contributed by atoms with Gasteiger partial charge in [-0.25, -0.2) is 0 Å². The highest BCUT2D eigenvalue weighted by atomic mass is 32.2. The maximum absolute atomic E-state index is 11.1. The molecule has 7 nitrogen and oxygen atoms in total. The molecule has 1 aliphatic heterocycles. The first-order chi connectivity index (χ1) is 8.08. The summed E-state index contributed by atoms with van der Waals surface area (Å²) >= 11 is -1.82. The molecular weight excluding hydrogens is 248 g/mol. The predicted molar refractivity (Wildman–Crippen MR) is 59.0 cm³/mol. The normalized spacial score (nSPS) is 28.9. The maximum Gasteiger partial charge on any atom is 0.305 e. The van der Waals surface area contributed by atoms with Gasteiger partial charge in [-0.3, -0.25) is 18.5 Å². The van der Waals surface area contributed by atoms with Crippen LogP contribution in [0.25, 0.3) is 0 Å². The third kappa shape index (κ3) is 2.67. The van der Waals surface area contributed by atoms with Gasteiger partial charge in [0.15, 0.2) is 0 Å². The molecule has 0 aromatic heterocycles. The highest BCUT2D eigenvalue weighted by Crippen LogP contribution is 2.27. The largest absolute Gasteiger partial charge is 0.323 e. The fraction of sp³-hybridized carbons (Fsp3) is 0.333. The van der Waals surface area contributed by atoms with Crippen LogP contribution in [0, 0.1) is 10.1 Å². The van der Waals surface area contributed by atoms with Crippen molar-refractivity contribution in [3.63, 3.8) is 0 Å². The van der Waals surface area contributed by atoms with Crippen LogP contribution in [-0.2, 0) is 19.7 Å². The Labute approximate surface area is 99.5 Å². The van der Waals surface area contributed by atoms with E-state index < -0.39 is 28.4 Å². The van der Waals surface area contributed by atoms with Gasteiger partial charge < -0.3 is 5.73 Å². The van der Waals surface area contributed by atoms with Crippen molar-refractivity contribution in [1.82, 2.24) is 0 Å². The average Bonchev–Trinajstić information content (AvgIpc) is 2.32. The molecule has 3 atom stereocenters. The SMILES string of the molecule is N[C@H]1CO[S@@](=O)O[C@H]1c1ccc([N+](=O)[O-])cc1. The van der Waals surface area contributed by atoms with E-state index in [0.29, 0.717) is 5.56 Å². The van der Waals surface area contributed by atoms with Gasteiger partial charge in [0.1, 0.15) is 6.10 Å². The van der Waals surface area contributed by atoms with Gasteiger partial charge in [0.2, 0.25) is 0 Å². The number of hydrogen-bond acceptors (Lipinski definition) is 6. The molecule has 2 rings (SSSR count). The summed E-state index contributed by atoms with van der Waals surface area (Å²) < 4.78 is 20.8. The van der Waals surface area contributed by atoms with Crippen LogP contribution in [0.1, 0.15) is 11.7 Å². The number of non-ortho nitro benzene ring substituents is 1. The molecule has 2 N–H and O–H groups in total. The first-order valence-electron chi connectivity index (χ1n) is 4.80. The van der Waals surface area contributed by atoms with Gasteiger partial charge in [-0.2, -0.15) is 4.21 Å². The van der Waals surface area contributed by atoms with Gasteiger partial charge in [-0.15, -0.1) is 0 Å². The Balaban J connectivity index is 2.21. The van der Waals surface area contributed by atoms with E-state index in [1.807, 2.05) is 0 Å². The fourth-order valence-corrected chi connectivity index (χ4v) is 2.24. The zero-order valence-corrected chi connectivity index (χ0v) is 9.46. The topological polar surface area (TPSA) is 105 Å². The Morgan fingerprint density at radius 1 is 1.41 bits per heavy atom. The molecule has 1 heterocycles. The highest BCUT2D eigenvalue weighted by Gasteiger charge is 2.29. The summed E-state index contributed by atoms with van der Waals surface area (Å²) in [4.78, 5) is 9.99. The molecule has 0 radical (unpaired) electrons. The zero-order chi connectivity index (χ0) is 12.4. The molecule has 92 valence electrons. The van der Waals surface area contributed by atoms with Gasteiger partial charge in [0, 0.05) is 12.1 Å². The van der Waals surface area contributed by atoms with Crippen molar-refractivity contribution in [1.29, 1.82) is 0 Å². The van der Waals surface area contributed by atoms with Crippen molar-refractivity contribution in [2.75, 3.05) is 6.61 Å². The molecular formula is C9H10N2O5S. The molecule has 0 aliphatic carbocycles. The van der Waals surface area contributed by atoms with Crippen LogP contribution in [0.15, 0.2) is 24.3 Å². The Morgan fingerprint density at radius 2 is 2.06 bits per heavy atom. The summed E-state index contributed by atoms with van der Waals surface area (Å²) in [5, 5.41) is 10.5. The van der Waals surface area contributed by atoms with Crippen molar-refractivity contribution in [3.8, 4) is 0 Å². The van der Waals surface area contributed by atoms with Gasteiger partial charge in [-0.05, 0) is 17.7 Å². The minimum absolute atomic E-state index is 0.0181.